The monoisotopic (exact) mass is 271 g/mol. The Bertz CT molecular complexity index is 417. The van der Waals surface area contributed by atoms with Gasteiger partial charge >= 0.3 is 0 Å². The number of hydrogen-bond donors (Lipinski definition) is 0. The maximum atomic E-state index is 12.3. The van der Waals surface area contributed by atoms with Crippen LogP contribution in [0.5, 0.6) is 0 Å². The van der Waals surface area contributed by atoms with Crippen molar-refractivity contribution in [1.29, 1.82) is 0 Å². The van der Waals surface area contributed by atoms with Gasteiger partial charge in [0.2, 0.25) is 0 Å². The summed E-state index contributed by atoms with van der Waals surface area (Å²) in [5.74, 6) is 1.13. The maximum Gasteiger partial charge on any atom is 0.293 e. The largest absolute Gasteiger partial charge is 0.350 e. The van der Waals surface area contributed by atoms with Crippen LogP contribution in [-0.2, 0) is 6.54 Å². The van der Waals surface area contributed by atoms with Crippen LogP contribution >= 0.6 is 11.6 Å². The topological polar surface area (TPSA) is 38.1 Å². The molecule has 0 bridgehead atoms. The fourth-order valence-electron chi connectivity index (χ4n) is 1.89. The summed E-state index contributed by atoms with van der Waals surface area (Å²) >= 11 is 5.73. The van der Waals surface area contributed by atoms with Crippen LogP contribution in [0.3, 0.4) is 0 Å². The Morgan fingerprint density at radius 2 is 2.22 bits per heavy atom. The lowest BCUT2D eigenvalue weighted by Crippen LogP contribution is -2.38. The van der Waals surface area contributed by atoms with Crippen molar-refractivity contribution in [3.8, 4) is 0 Å². The van der Waals surface area contributed by atoms with E-state index in [1.165, 1.54) is 0 Å². The lowest BCUT2D eigenvalue weighted by atomic mass is 10.3. The first-order valence-corrected chi connectivity index (χ1v) is 7.03. The molecule has 0 radical (unpaired) electrons. The van der Waals surface area contributed by atoms with Crippen LogP contribution in [0.15, 0.2) is 17.2 Å². The molecular weight excluding hydrogens is 250 g/mol. The summed E-state index contributed by atoms with van der Waals surface area (Å²) in [5.41, 5.74) is -0.0115. The van der Waals surface area contributed by atoms with E-state index in [0.29, 0.717) is 11.7 Å². The quantitative estimate of drug-likeness (QED) is 0.715. The summed E-state index contributed by atoms with van der Waals surface area (Å²) < 4.78 is 1.72. The Morgan fingerprint density at radius 1 is 1.50 bits per heavy atom. The molecule has 1 aromatic heterocycles. The van der Waals surface area contributed by atoms with E-state index >= 15 is 0 Å². The molecule has 0 unspecified atom stereocenters. The number of rotatable bonds is 7. The Balaban J connectivity index is 3.04. The number of alkyl halides is 1. The van der Waals surface area contributed by atoms with E-state index in [0.717, 1.165) is 25.9 Å². The highest BCUT2D eigenvalue weighted by Gasteiger charge is 2.16. The molecule has 0 aliphatic heterocycles. The Labute approximate surface area is 114 Å². The molecule has 18 heavy (non-hydrogen) atoms. The third-order valence-corrected chi connectivity index (χ3v) is 3.06. The molecule has 1 aromatic rings. The van der Waals surface area contributed by atoms with E-state index in [1.807, 2.05) is 4.90 Å². The second-order valence-electron chi connectivity index (χ2n) is 4.58. The fraction of sp³-hybridized carbons (Fsp3) is 0.692. The predicted molar refractivity (Wildman–Crippen MR) is 76.6 cm³/mol. The Morgan fingerprint density at radius 3 is 2.78 bits per heavy atom. The predicted octanol–water partition coefficient (Wildman–Crippen LogP) is 2.50. The van der Waals surface area contributed by atoms with Gasteiger partial charge in [-0.25, -0.2) is 4.98 Å². The van der Waals surface area contributed by atoms with Gasteiger partial charge in [-0.05, 0) is 26.7 Å². The van der Waals surface area contributed by atoms with Crippen LogP contribution in [0.4, 0.5) is 5.82 Å². The maximum absolute atomic E-state index is 12.3. The third-order valence-electron chi connectivity index (χ3n) is 2.79. The molecule has 0 saturated carbocycles. The Kier molecular flexibility index (Phi) is 6.19. The molecule has 4 nitrogen and oxygen atoms in total. The average molecular weight is 272 g/mol. The number of aryl methyl sites for hydroxylation is 1. The highest BCUT2D eigenvalue weighted by atomic mass is 35.5. The third kappa shape index (κ3) is 3.73. The molecule has 0 amide bonds. The van der Waals surface area contributed by atoms with Crippen LogP contribution in [0.25, 0.3) is 0 Å². The number of halogens is 1. The van der Waals surface area contributed by atoms with Crippen molar-refractivity contribution in [3.63, 3.8) is 0 Å². The van der Waals surface area contributed by atoms with Gasteiger partial charge in [0.05, 0.1) is 0 Å². The van der Waals surface area contributed by atoms with E-state index in [9.17, 15) is 4.79 Å². The lowest BCUT2D eigenvalue weighted by molar-refractivity contribution is 0.619. The molecule has 0 atom stereocenters. The number of nitrogens with zero attached hydrogens (tertiary/aromatic N) is 3. The summed E-state index contributed by atoms with van der Waals surface area (Å²) in [4.78, 5) is 18.6. The van der Waals surface area contributed by atoms with Crippen molar-refractivity contribution in [2.24, 2.45) is 0 Å². The zero-order valence-corrected chi connectivity index (χ0v) is 12.2. The SMILES string of the molecule is CCCn1ccnc(N(CCCCl)C(C)C)c1=O. The molecule has 0 spiro atoms. The van der Waals surface area contributed by atoms with Crippen molar-refractivity contribution in [2.75, 3.05) is 17.3 Å². The van der Waals surface area contributed by atoms with Crippen LogP contribution in [0, 0.1) is 0 Å². The van der Waals surface area contributed by atoms with Crippen molar-refractivity contribution in [3.05, 3.63) is 22.7 Å². The van der Waals surface area contributed by atoms with Gasteiger partial charge in [-0.15, -0.1) is 11.6 Å². The molecule has 0 fully saturated rings. The van der Waals surface area contributed by atoms with Crippen LogP contribution in [0.2, 0.25) is 0 Å². The van der Waals surface area contributed by atoms with Gasteiger partial charge in [-0.2, -0.15) is 0 Å². The first-order chi connectivity index (χ1) is 8.61. The van der Waals surface area contributed by atoms with Crippen molar-refractivity contribution < 1.29 is 0 Å². The molecule has 1 heterocycles. The summed E-state index contributed by atoms with van der Waals surface area (Å²) in [5, 5.41) is 0. The van der Waals surface area contributed by atoms with Gasteiger partial charge in [0.1, 0.15) is 0 Å². The Hall–Kier alpha value is -1.03. The van der Waals surface area contributed by atoms with E-state index in [1.54, 1.807) is 17.0 Å². The second-order valence-corrected chi connectivity index (χ2v) is 4.96. The first-order valence-electron chi connectivity index (χ1n) is 6.49. The minimum absolute atomic E-state index is 0.0115. The van der Waals surface area contributed by atoms with Crippen LogP contribution in [-0.4, -0.2) is 28.0 Å². The highest BCUT2D eigenvalue weighted by Crippen LogP contribution is 2.09. The molecule has 0 aliphatic rings. The number of anilines is 1. The molecule has 0 aromatic carbocycles. The van der Waals surface area contributed by atoms with Gasteiger partial charge < -0.3 is 9.47 Å². The summed E-state index contributed by atoms with van der Waals surface area (Å²) in [7, 11) is 0. The van der Waals surface area contributed by atoms with Gasteiger partial charge in [-0.1, -0.05) is 6.92 Å². The molecule has 5 heteroatoms. The zero-order valence-electron chi connectivity index (χ0n) is 11.4. The molecule has 0 saturated heterocycles. The van der Waals surface area contributed by atoms with Gasteiger partial charge in [0, 0.05) is 37.4 Å². The van der Waals surface area contributed by atoms with E-state index in [2.05, 4.69) is 25.8 Å². The molecule has 1 rings (SSSR count). The summed E-state index contributed by atoms with van der Waals surface area (Å²) in [6, 6.07) is 0.242. The van der Waals surface area contributed by atoms with Gasteiger partial charge in [0.25, 0.3) is 5.56 Å². The zero-order chi connectivity index (χ0) is 13.5. The second kappa shape index (κ2) is 7.41. The van der Waals surface area contributed by atoms with Crippen molar-refractivity contribution in [1.82, 2.24) is 9.55 Å². The lowest BCUT2D eigenvalue weighted by Gasteiger charge is -2.27. The van der Waals surface area contributed by atoms with E-state index in [4.69, 9.17) is 11.6 Å². The highest BCUT2D eigenvalue weighted by molar-refractivity contribution is 6.17. The van der Waals surface area contributed by atoms with Gasteiger partial charge in [-0.3, -0.25) is 4.79 Å². The summed E-state index contributed by atoms with van der Waals surface area (Å²) in [6.45, 7) is 7.68. The molecule has 102 valence electrons. The minimum Gasteiger partial charge on any atom is -0.350 e. The normalized spacial score (nSPS) is 10.9. The van der Waals surface area contributed by atoms with Crippen LogP contribution in [0.1, 0.15) is 33.6 Å². The molecule has 0 N–H and O–H groups in total. The van der Waals surface area contributed by atoms with Gasteiger partial charge in [0.15, 0.2) is 5.82 Å². The van der Waals surface area contributed by atoms with E-state index in [-0.39, 0.29) is 11.6 Å². The van der Waals surface area contributed by atoms with Crippen molar-refractivity contribution >= 4 is 17.4 Å². The standard InChI is InChI=1S/C13H22ClN3O/c1-4-8-16-10-7-15-12(13(16)18)17(11(2)3)9-5-6-14/h7,10-11H,4-6,8-9H2,1-3H3. The smallest absolute Gasteiger partial charge is 0.293 e. The first kappa shape index (κ1) is 15.0. The van der Waals surface area contributed by atoms with Crippen molar-refractivity contribution in [2.45, 2.75) is 46.2 Å². The number of aromatic nitrogens is 2. The number of hydrogen-bond acceptors (Lipinski definition) is 3. The molecular formula is C13H22ClN3O. The molecule has 0 aliphatic carbocycles. The average Bonchev–Trinajstić information content (AvgIpc) is 2.34. The summed E-state index contributed by atoms with van der Waals surface area (Å²) in [6.07, 6.45) is 5.23. The fourth-order valence-corrected chi connectivity index (χ4v) is 2.01. The minimum atomic E-state index is -0.0115. The van der Waals surface area contributed by atoms with E-state index < -0.39 is 0 Å². The van der Waals surface area contributed by atoms with Crippen LogP contribution < -0.4 is 10.5 Å².